The van der Waals surface area contributed by atoms with E-state index in [0.717, 1.165) is 59.2 Å². The van der Waals surface area contributed by atoms with Crippen molar-refractivity contribution in [3.8, 4) is 11.1 Å². The lowest BCUT2D eigenvalue weighted by atomic mass is 9.76. The first-order valence-corrected chi connectivity index (χ1v) is 16.0. The minimum absolute atomic E-state index is 0.0495. The maximum absolute atomic E-state index is 13.8. The maximum atomic E-state index is 13.8. The van der Waals surface area contributed by atoms with Gasteiger partial charge < -0.3 is 19.5 Å². The minimum Gasteiger partial charge on any atom is -0.444 e. The van der Waals surface area contributed by atoms with Gasteiger partial charge in [0.25, 0.3) is 5.91 Å². The van der Waals surface area contributed by atoms with E-state index in [1.165, 1.54) is 24.0 Å². The fraction of sp³-hybridized carbons (Fsp3) is 0.457. The summed E-state index contributed by atoms with van der Waals surface area (Å²) >= 11 is 0. The smallest absolute Gasteiger partial charge is 0.408 e. The lowest BCUT2D eigenvalue weighted by Crippen LogP contribution is -2.53. The zero-order valence-electron chi connectivity index (χ0n) is 25.8. The maximum Gasteiger partial charge on any atom is 0.408 e. The minimum atomic E-state index is -0.595. The summed E-state index contributed by atoms with van der Waals surface area (Å²) in [5.41, 5.74) is 6.12. The highest BCUT2D eigenvalue weighted by molar-refractivity contribution is 5.98. The molecule has 44 heavy (non-hydrogen) atoms. The molecule has 226 valence electrons. The predicted octanol–water partition coefficient (Wildman–Crippen LogP) is 6.78. The van der Waals surface area contributed by atoms with Crippen LogP contribution in [0.3, 0.4) is 0 Å². The number of aromatic nitrogens is 4. The second-order valence-corrected chi connectivity index (χ2v) is 13.8. The quantitative estimate of drug-likeness (QED) is 0.275. The molecule has 2 amide bonds. The van der Waals surface area contributed by atoms with Crippen molar-refractivity contribution in [2.75, 3.05) is 6.54 Å². The molecule has 0 saturated heterocycles. The number of alkyl carbamates (subject to hydrolysis) is 1. The van der Waals surface area contributed by atoms with E-state index in [2.05, 4.69) is 47.1 Å². The summed E-state index contributed by atoms with van der Waals surface area (Å²) in [4.78, 5) is 43.0. The topological polar surface area (TPSA) is 102 Å². The fourth-order valence-electron chi connectivity index (χ4n) is 7.50. The molecule has 2 bridgehead atoms. The van der Waals surface area contributed by atoms with Crippen molar-refractivity contribution in [2.45, 2.75) is 95.4 Å². The normalized spacial score (nSPS) is 21.8. The zero-order valence-corrected chi connectivity index (χ0v) is 25.8. The van der Waals surface area contributed by atoms with E-state index >= 15 is 0 Å². The molecule has 2 aromatic carbocycles. The number of carbonyl (C=O) groups excluding carboxylic acids is 2. The van der Waals surface area contributed by atoms with Crippen LogP contribution in [0.15, 0.2) is 48.8 Å². The SMILES string of the molecule is CCN1C(=O)c2cccc(C3CC3)c2[C@H]2C[C@H]1c1nc3ccc(-c4cnc(C5(NC(=O)OC(C)(C)C)CCC5)nc4)cc3n12. The van der Waals surface area contributed by atoms with E-state index in [4.69, 9.17) is 19.7 Å². The van der Waals surface area contributed by atoms with Crippen LogP contribution in [0.25, 0.3) is 22.2 Å². The van der Waals surface area contributed by atoms with Crippen LogP contribution in [0.4, 0.5) is 4.79 Å². The molecular formula is C35H38N6O3. The van der Waals surface area contributed by atoms with Gasteiger partial charge >= 0.3 is 6.09 Å². The summed E-state index contributed by atoms with van der Waals surface area (Å²) in [5.74, 6) is 2.25. The van der Waals surface area contributed by atoms with Crippen LogP contribution < -0.4 is 5.32 Å². The number of hydrogen-bond donors (Lipinski definition) is 1. The first-order chi connectivity index (χ1) is 21.2. The van der Waals surface area contributed by atoms with Crippen LogP contribution in [0, 0.1) is 0 Å². The van der Waals surface area contributed by atoms with E-state index in [1.807, 2.05) is 44.1 Å². The Labute approximate surface area is 257 Å². The molecule has 2 atom stereocenters. The number of imidazole rings is 1. The Morgan fingerprint density at radius 3 is 2.50 bits per heavy atom. The summed E-state index contributed by atoms with van der Waals surface area (Å²) in [7, 11) is 0. The molecule has 9 heteroatoms. The molecule has 8 rings (SSSR count). The summed E-state index contributed by atoms with van der Waals surface area (Å²) in [5, 5.41) is 3.05. The first kappa shape index (κ1) is 27.3. The van der Waals surface area contributed by atoms with Gasteiger partial charge in [0.05, 0.1) is 23.1 Å². The molecule has 2 aliphatic heterocycles. The number of ether oxygens (including phenoxy) is 1. The van der Waals surface area contributed by atoms with E-state index in [9.17, 15) is 9.59 Å². The van der Waals surface area contributed by atoms with Crippen LogP contribution >= 0.6 is 0 Å². The third kappa shape index (κ3) is 4.23. The number of fused-ring (bicyclic) bond motifs is 9. The van der Waals surface area contributed by atoms with Crippen molar-refractivity contribution in [3.05, 3.63) is 77.1 Å². The fourth-order valence-corrected chi connectivity index (χ4v) is 7.50. The average molecular weight is 591 g/mol. The molecule has 0 spiro atoms. The van der Waals surface area contributed by atoms with E-state index in [0.29, 0.717) is 18.3 Å². The molecule has 0 unspecified atom stereocenters. The molecule has 2 saturated carbocycles. The van der Waals surface area contributed by atoms with Crippen molar-refractivity contribution >= 4 is 23.0 Å². The van der Waals surface area contributed by atoms with Crippen molar-refractivity contribution in [1.82, 2.24) is 29.7 Å². The number of carbonyl (C=O) groups is 2. The lowest BCUT2D eigenvalue weighted by Gasteiger charge is -2.41. The second-order valence-electron chi connectivity index (χ2n) is 13.8. The zero-order chi connectivity index (χ0) is 30.4. The van der Waals surface area contributed by atoms with Gasteiger partial charge in [-0.05, 0) is 101 Å². The van der Waals surface area contributed by atoms with Crippen molar-refractivity contribution in [2.24, 2.45) is 0 Å². The second kappa shape index (κ2) is 9.61. The van der Waals surface area contributed by atoms with Gasteiger partial charge in [-0.1, -0.05) is 18.2 Å². The molecule has 4 aromatic rings. The molecule has 2 aliphatic carbocycles. The summed E-state index contributed by atoms with van der Waals surface area (Å²) in [6, 6.07) is 12.7. The average Bonchev–Trinajstić information content (AvgIpc) is 3.69. The third-order valence-electron chi connectivity index (χ3n) is 9.83. The van der Waals surface area contributed by atoms with Crippen LogP contribution in [0.2, 0.25) is 0 Å². The van der Waals surface area contributed by atoms with Gasteiger partial charge in [-0.25, -0.2) is 19.7 Å². The first-order valence-electron chi connectivity index (χ1n) is 16.0. The molecule has 1 N–H and O–H groups in total. The monoisotopic (exact) mass is 590 g/mol. The van der Waals surface area contributed by atoms with Gasteiger partial charge in [0, 0.05) is 36.5 Å². The number of amides is 2. The van der Waals surface area contributed by atoms with E-state index < -0.39 is 17.2 Å². The Hall–Kier alpha value is -4.27. The van der Waals surface area contributed by atoms with Gasteiger partial charge in [-0.15, -0.1) is 0 Å². The Balaban J connectivity index is 1.17. The Bertz CT molecular complexity index is 1810. The summed E-state index contributed by atoms with van der Waals surface area (Å²) < 4.78 is 7.92. The van der Waals surface area contributed by atoms with Gasteiger partial charge in [0.1, 0.15) is 17.0 Å². The Kier molecular flexibility index (Phi) is 5.96. The molecular weight excluding hydrogens is 552 g/mol. The standard InChI is InChI=1S/C35H38N6O3/c1-5-40-28-17-27(29-23(20-10-11-20)8-6-9-24(29)31(40)42)41-26-16-21(12-13-25(26)38-30(28)41)22-18-36-32(37-19-22)35(14-7-15-35)39-33(43)44-34(2,3)4/h6,8-9,12-13,16,18-20,27-28H,5,7,10-11,14-15,17H2,1-4H3,(H,39,43)/t27-,28+/m1/s1. The Morgan fingerprint density at radius 2 is 1.84 bits per heavy atom. The highest BCUT2D eigenvalue weighted by Gasteiger charge is 2.47. The van der Waals surface area contributed by atoms with Gasteiger partial charge in [0.15, 0.2) is 5.82 Å². The summed E-state index contributed by atoms with van der Waals surface area (Å²) in [6.45, 7) is 8.28. The van der Waals surface area contributed by atoms with Gasteiger partial charge in [-0.2, -0.15) is 0 Å². The van der Waals surface area contributed by atoms with Crippen molar-refractivity contribution in [1.29, 1.82) is 0 Å². The Morgan fingerprint density at radius 1 is 1.07 bits per heavy atom. The molecule has 0 radical (unpaired) electrons. The molecule has 4 heterocycles. The number of benzene rings is 2. The number of rotatable bonds is 5. The summed E-state index contributed by atoms with van der Waals surface area (Å²) in [6.07, 6.45) is 9.04. The van der Waals surface area contributed by atoms with Crippen molar-refractivity contribution in [3.63, 3.8) is 0 Å². The highest BCUT2D eigenvalue weighted by atomic mass is 16.6. The molecule has 2 fully saturated rings. The largest absolute Gasteiger partial charge is 0.444 e. The number of nitrogens with zero attached hydrogens (tertiary/aromatic N) is 5. The number of hydrogen-bond acceptors (Lipinski definition) is 6. The molecule has 4 aliphatic rings. The van der Waals surface area contributed by atoms with Crippen LogP contribution in [-0.4, -0.2) is 48.6 Å². The van der Waals surface area contributed by atoms with Crippen molar-refractivity contribution < 1.29 is 14.3 Å². The van der Waals surface area contributed by atoms with Crippen LogP contribution in [0.1, 0.15) is 117 Å². The molecule has 9 nitrogen and oxygen atoms in total. The highest BCUT2D eigenvalue weighted by Crippen LogP contribution is 2.52. The predicted molar refractivity (Wildman–Crippen MR) is 166 cm³/mol. The van der Waals surface area contributed by atoms with Gasteiger partial charge in [-0.3, -0.25) is 4.79 Å². The van der Waals surface area contributed by atoms with Crippen LogP contribution in [0.5, 0.6) is 0 Å². The van der Waals surface area contributed by atoms with Crippen LogP contribution in [-0.2, 0) is 10.3 Å². The third-order valence-corrected chi connectivity index (χ3v) is 9.83. The molecule has 2 aromatic heterocycles. The lowest BCUT2D eigenvalue weighted by molar-refractivity contribution is 0.0364. The van der Waals surface area contributed by atoms with Gasteiger partial charge in [0.2, 0.25) is 0 Å². The van der Waals surface area contributed by atoms with E-state index in [-0.39, 0.29) is 18.0 Å². The van der Waals surface area contributed by atoms with E-state index in [1.54, 1.807) is 0 Å². The number of nitrogens with one attached hydrogen (secondary N) is 1.